The molecule has 0 amide bonds. The van der Waals surface area contributed by atoms with Gasteiger partial charge >= 0.3 is 0 Å². The highest BCUT2D eigenvalue weighted by Gasteiger charge is 2.36. The first-order valence-corrected chi connectivity index (χ1v) is 11.0. The minimum atomic E-state index is 0.0532. The lowest BCUT2D eigenvalue weighted by Gasteiger charge is -2.43. The number of aryl methyl sites for hydroxylation is 2. The summed E-state index contributed by atoms with van der Waals surface area (Å²) in [5, 5.41) is 9.40. The van der Waals surface area contributed by atoms with Gasteiger partial charge in [-0.3, -0.25) is 9.58 Å². The lowest BCUT2D eigenvalue weighted by atomic mass is 9.75. The minimum absolute atomic E-state index is 0.0532. The van der Waals surface area contributed by atoms with Crippen molar-refractivity contribution in [3.63, 3.8) is 0 Å². The van der Waals surface area contributed by atoms with E-state index in [1.807, 2.05) is 10.9 Å². The fourth-order valence-corrected chi connectivity index (χ4v) is 5.05. The van der Waals surface area contributed by atoms with Gasteiger partial charge in [-0.05, 0) is 62.5 Å². The van der Waals surface area contributed by atoms with Gasteiger partial charge < -0.3 is 4.98 Å². The second-order valence-corrected chi connectivity index (χ2v) is 8.67. The molecule has 0 spiro atoms. The van der Waals surface area contributed by atoms with Crippen molar-refractivity contribution >= 4 is 16.5 Å². The minimum Gasteiger partial charge on any atom is -0.355 e. The Morgan fingerprint density at radius 2 is 1.87 bits per heavy atom. The molecule has 2 aromatic heterocycles. The van der Waals surface area contributed by atoms with Gasteiger partial charge in [-0.15, -0.1) is 5.10 Å². The Hall–Kier alpha value is -3.18. The highest BCUT2D eigenvalue weighted by molar-refractivity contribution is 5.89. The Kier molecular flexibility index (Phi) is 5.20. The van der Waals surface area contributed by atoms with Crippen LogP contribution in [0.1, 0.15) is 36.1 Å². The Morgan fingerprint density at radius 1 is 1.06 bits per heavy atom. The first kappa shape index (κ1) is 19.8. The zero-order valence-corrected chi connectivity index (χ0v) is 18.3. The number of fused-ring (bicyclic) bond motifs is 1. The molecule has 0 radical (unpaired) electrons. The second-order valence-electron chi connectivity index (χ2n) is 8.67. The van der Waals surface area contributed by atoms with E-state index in [2.05, 4.69) is 95.0 Å². The Balaban J connectivity index is 1.50. The van der Waals surface area contributed by atoms with Gasteiger partial charge in [-0.2, -0.15) is 0 Å². The lowest BCUT2D eigenvalue weighted by Crippen LogP contribution is -2.42. The lowest BCUT2D eigenvalue weighted by molar-refractivity contribution is 0.138. The maximum Gasteiger partial charge on any atom is 0.0692 e. The van der Waals surface area contributed by atoms with E-state index in [0.717, 1.165) is 32.2 Å². The average molecular weight is 412 g/mol. The third-order valence-corrected chi connectivity index (χ3v) is 6.86. The summed E-state index contributed by atoms with van der Waals surface area (Å²) in [6.45, 7) is 0.827. The molecule has 5 heteroatoms. The zero-order valence-electron chi connectivity index (χ0n) is 18.3. The van der Waals surface area contributed by atoms with Crippen molar-refractivity contribution in [1.82, 2.24) is 24.9 Å². The van der Waals surface area contributed by atoms with Crippen molar-refractivity contribution in [2.75, 3.05) is 14.1 Å². The summed E-state index contributed by atoms with van der Waals surface area (Å²) in [5.41, 5.74) is 6.77. The summed E-state index contributed by atoms with van der Waals surface area (Å²) in [4.78, 5) is 6.13. The molecule has 1 unspecified atom stereocenters. The SMILES string of the molecule is CN(C)C1(c2ccccc2)CC=C(c2[nH]c3ccccc3c2CCn2ccnn2)CC1. The number of aromatic amines is 1. The van der Waals surface area contributed by atoms with Gasteiger partial charge in [-0.1, -0.05) is 59.8 Å². The van der Waals surface area contributed by atoms with Crippen molar-refractivity contribution in [3.05, 3.63) is 89.9 Å². The van der Waals surface area contributed by atoms with Crippen LogP contribution in [0.25, 0.3) is 16.5 Å². The third kappa shape index (κ3) is 3.59. The molecule has 0 saturated carbocycles. The van der Waals surface area contributed by atoms with Crippen LogP contribution in [-0.2, 0) is 18.5 Å². The van der Waals surface area contributed by atoms with Gasteiger partial charge in [-0.25, -0.2) is 0 Å². The summed E-state index contributed by atoms with van der Waals surface area (Å²) >= 11 is 0. The highest BCUT2D eigenvalue weighted by atomic mass is 15.4. The standard InChI is InChI=1S/C26H29N5/c1-30(2)26(21-8-4-3-5-9-21)15-12-20(13-16-26)25-23(14-18-31-19-17-27-29-31)22-10-6-7-11-24(22)28-25/h3-12,17,19,28H,13-16,18H2,1-2H3. The van der Waals surface area contributed by atoms with Gasteiger partial charge in [0, 0.05) is 34.9 Å². The number of benzene rings is 2. The normalized spacial score (nSPS) is 19.1. The molecule has 1 N–H and O–H groups in total. The molecule has 1 aliphatic rings. The molecule has 2 aromatic carbocycles. The fraction of sp³-hybridized carbons (Fsp3) is 0.308. The molecule has 0 aliphatic heterocycles. The summed E-state index contributed by atoms with van der Waals surface area (Å²) in [7, 11) is 4.41. The van der Waals surface area contributed by atoms with Crippen molar-refractivity contribution in [3.8, 4) is 0 Å². The average Bonchev–Trinajstić information content (AvgIpc) is 3.46. The van der Waals surface area contributed by atoms with Gasteiger partial charge in [0.05, 0.1) is 6.20 Å². The van der Waals surface area contributed by atoms with Crippen LogP contribution >= 0.6 is 0 Å². The maximum atomic E-state index is 4.15. The first-order chi connectivity index (χ1) is 15.2. The highest BCUT2D eigenvalue weighted by Crippen LogP contribution is 2.43. The predicted molar refractivity (Wildman–Crippen MR) is 126 cm³/mol. The molecule has 5 rings (SSSR count). The van der Waals surface area contributed by atoms with Crippen molar-refractivity contribution < 1.29 is 0 Å². The second kappa shape index (κ2) is 8.16. The monoisotopic (exact) mass is 411 g/mol. The van der Waals surface area contributed by atoms with Crippen molar-refractivity contribution in [2.45, 2.75) is 37.8 Å². The summed E-state index contributed by atoms with van der Waals surface area (Å²) in [6.07, 6.45) is 10.2. The van der Waals surface area contributed by atoms with Crippen LogP contribution in [0.3, 0.4) is 0 Å². The zero-order chi connectivity index (χ0) is 21.3. The first-order valence-electron chi connectivity index (χ1n) is 11.0. The number of para-hydroxylation sites is 1. The molecule has 1 aliphatic carbocycles. The smallest absolute Gasteiger partial charge is 0.0692 e. The fourth-order valence-electron chi connectivity index (χ4n) is 5.05. The van der Waals surface area contributed by atoms with Crippen LogP contribution in [0.5, 0.6) is 0 Å². The molecule has 5 nitrogen and oxygen atoms in total. The van der Waals surface area contributed by atoms with Crippen LogP contribution in [-0.4, -0.2) is 39.0 Å². The topological polar surface area (TPSA) is 49.7 Å². The van der Waals surface area contributed by atoms with E-state index in [1.165, 1.54) is 33.3 Å². The van der Waals surface area contributed by atoms with E-state index in [4.69, 9.17) is 0 Å². The van der Waals surface area contributed by atoms with Gasteiger partial charge in [0.1, 0.15) is 0 Å². The molecule has 2 heterocycles. The maximum absolute atomic E-state index is 4.15. The van der Waals surface area contributed by atoms with Gasteiger partial charge in [0.2, 0.25) is 0 Å². The Labute approximate surface area is 183 Å². The Morgan fingerprint density at radius 3 is 2.58 bits per heavy atom. The number of nitrogens with zero attached hydrogens (tertiary/aromatic N) is 4. The van der Waals surface area contributed by atoms with E-state index < -0.39 is 0 Å². The molecule has 4 aromatic rings. The number of hydrogen-bond acceptors (Lipinski definition) is 3. The summed E-state index contributed by atoms with van der Waals surface area (Å²) < 4.78 is 1.91. The summed E-state index contributed by atoms with van der Waals surface area (Å²) in [6, 6.07) is 19.6. The predicted octanol–water partition coefficient (Wildman–Crippen LogP) is 5.03. The number of allylic oxidation sites excluding steroid dienone is 1. The molecule has 0 bridgehead atoms. The molecular weight excluding hydrogens is 382 g/mol. The third-order valence-electron chi connectivity index (χ3n) is 6.86. The molecule has 1 atom stereocenters. The molecule has 158 valence electrons. The molecule has 0 saturated heterocycles. The largest absolute Gasteiger partial charge is 0.355 e. The molecule has 31 heavy (non-hydrogen) atoms. The number of rotatable bonds is 6. The number of hydrogen-bond donors (Lipinski definition) is 1. The van der Waals surface area contributed by atoms with Crippen LogP contribution in [0.4, 0.5) is 0 Å². The summed E-state index contributed by atoms with van der Waals surface area (Å²) in [5.74, 6) is 0. The molecule has 0 fully saturated rings. The Bertz CT molecular complexity index is 1190. The van der Waals surface area contributed by atoms with E-state index in [9.17, 15) is 0 Å². The quantitative estimate of drug-likeness (QED) is 0.484. The van der Waals surface area contributed by atoms with Crippen LogP contribution < -0.4 is 0 Å². The van der Waals surface area contributed by atoms with E-state index in [0.29, 0.717) is 0 Å². The van der Waals surface area contributed by atoms with Crippen molar-refractivity contribution in [1.29, 1.82) is 0 Å². The van der Waals surface area contributed by atoms with Crippen LogP contribution in [0.15, 0.2) is 73.1 Å². The number of H-pyrrole nitrogens is 1. The van der Waals surface area contributed by atoms with Gasteiger partial charge in [0.25, 0.3) is 0 Å². The van der Waals surface area contributed by atoms with E-state index in [-0.39, 0.29) is 5.54 Å². The van der Waals surface area contributed by atoms with Crippen LogP contribution in [0, 0.1) is 0 Å². The van der Waals surface area contributed by atoms with E-state index >= 15 is 0 Å². The van der Waals surface area contributed by atoms with Gasteiger partial charge in [0.15, 0.2) is 0 Å². The number of aromatic nitrogens is 4. The van der Waals surface area contributed by atoms with E-state index in [1.54, 1.807) is 6.20 Å². The molecular formula is C26H29N5. The number of nitrogens with one attached hydrogen (secondary N) is 1. The van der Waals surface area contributed by atoms with Crippen molar-refractivity contribution in [2.24, 2.45) is 0 Å². The van der Waals surface area contributed by atoms with Crippen LogP contribution in [0.2, 0.25) is 0 Å².